The quantitative estimate of drug-likeness (QED) is 0.785. The number of hydrogen-bond donors (Lipinski definition) is 2. The van der Waals surface area contributed by atoms with Crippen molar-refractivity contribution in [3.05, 3.63) is 63.9 Å². The van der Waals surface area contributed by atoms with Crippen LogP contribution in [0.15, 0.2) is 46.9 Å². The number of benzene rings is 2. The van der Waals surface area contributed by atoms with Gasteiger partial charge >= 0.3 is 0 Å². The summed E-state index contributed by atoms with van der Waals surface area (Å²) in [6, 6.07) is 12.2. The Bertz CT molecular complexity index is 600. The van der Waals surface area contributed by atoms with Crippen molar-refractivity contribution in [2.24, 2.45) is 0 Å². The topological polar surface area (TPSA) is 32.3 Å². The summed E-state index contributed by atoms with van der Waals surface area (Å²) in [6.07, 6.45) is 0.905. The summed E-state index contributed by atoms with van der Waals surface area (Å²) in [5.74, 6) is -0.227. The zero-order valence-electron chi connectivity index (χ0n) is 12.1. The number of hydrogen-bond acceptors (Lipinski definition) is 2. The molecule has 4 heteroatoms. The summed E-state index contributed by atoms with van der Waals surface area (Å²) >= 11 is 3.43. The first-order valence-electron chi connectivity index (χ1n) is 7.01. The monoisotopic (exact) mass is 351 g/mol. The maximum absolute atomic E-state index is 13.4. The Kier molecular flexibility index (Phi) is 5.37. The molecule has 0 saturated carbocycles. The molecule has 0 aliphatic heterocycles. The van der Waals surface area contributed by atoms with Crippen molar-refractivity contribution >= 4 is 15.9 Å². The average Bonchev–Trinajstić information content (AvgIpc) is 2.48. The summed E-state index contributed by atoms with van der Waals surface area (Å²) in [6.45, 7) is 4.02. The van der Waals surface area contributed by atoms with Gasteiger partial charge in [0.1, 0.15) is 11.6 Å². The number of phenols is 1. The number of aromatic hydroxyl groups is 1. The predicted molar refractivity (Wildman–Crippen MR) is 86.8 cm³/mol. The maximum Gasteiger partial charge on any atom is 0.123 e. The molecule has 0 aromatic heterocycles. The number of phenolic OH excluding ortho intramolecular Hbond substituents is 1. The Labute approximate surface area is 133 Å². The Morgan fingerprint density at radius 3 is 2.48 bits per heavy atom. The second-order valence-electron chi connectivity index (χ2n) is 5.10. The van der Waals surface area contributed by atoms with Crippen molar-refractivity contribution in [1.82, 2.24) is 5.32 Å². The van der Waals surface area contributed by atoms with Crippen molar-refractivity contribution < 1.29 is 9.50 Å². The highest BCUT2D eigenvalue weighted by molar-refractivity contribution is 9.10. The fourth-order valence-corrected chi connectivity index (χ4v) is 2.67. The van der Waals surface area contributed by atoms with Crippen LogP contribution in [0.1, 0.15) is 43.5 Å². The van der Waals surface area contributed by atoms with Gasteiger partial charge in [-0.2, -0.15) is 0 Å². The Morgan fingerprint density at radius 2 is 1.86 bits per heavy atom. The van der Waals surface area contributed by atoms with Crippen LogP contribution in [0.2, 0.25) is 0 Å². The molecule has 0 heterocycles. The van der Waals surface area contributed by atoms with E-state index in [4.69, 9.17) is 0 Å². The third-order valence-corrected chi connectivity index (χ3v) is 4.12. The van der Waals surface area contributed by atoms with Crippen LogP contribution in [0, 0.1) is 5.82 Å². The van der Waals surface area contributed by atoms with Gasteiger partial charge in [-0.25, -0.2) is 4.39 Å². The molecule has 0 spiro atoms. The van der Waals surface area contributed by atoms with E-state index >= 15 is 0 Å². The maximum atomic E-state index is 13.4. The van der Waals surface area contributed by atoms with Crippen molar-refractivity contribution in [1.29, 1.82) is 0 Å². The van der Waals surface area contributed by atoms with E-state index in [1.54, 1.807) is 0 Å². The minimum Gasteiger partial charge on any atom is -0.508 e. The lowest BCUT2D eigenvalue weighted by Crippen LogP contribution is -2.24. The Balaban J connectivity index is 2.17. The second kappa shape index (κ2) is 7.05. The molecular weight excluding hydrogens is 333 g/mol. The van der Waals surface area contributed by atoms with Gasteiger partial charge in [-0.3, -0.25) is 0 Å². The molecular formula is C17H19BrFNO. The minimum atomic E-state index is -0.340. The van der Waals surface area contributed by atoms with E-state index in [0.29, 0.717) is 5.56 Å². The van der Waals surface area contributed by atoms with Gasteiger partial charge in [-0.05, 0) is 49.2 Å². The van der Waals surface area contributed by atoms with E-state index in [1.807, 2.05) is 19.1 Å². The Morgan fingerprint density at radius 1 is 1.19 bits per heavy atom. The van der Waals surface area contributed by atoms with Crippen molar-refractivity contribution in [2.45, 2.75) is 32.4 Å². The highest BCUT2D eigenvalue weighted by atomic mass is 79.9. The van der Waals surface area contributed by atoms with Gasteiger partial charge in [0.15, 0.2) is 0 Å². The average molecular weight is 352 g/mol. The van der Waals surface area contributed by atoms with Gasteiger partial charge in [-0.1, -0.05) is 35.0 Å². The molecule has 2 aromatic carbocycles. The first kappa shape index (κ1) is 16.0. The van der Waals surface area contributed by atoms with E-state index < -0.39 is 0 Å². The molecule has 2 N–H and O–H groups in total. The molecule has 21 heavy (non-hydrogen) atoms. The lowest BCUT2D eigenvalue weighted by atomic mass is 10.0. The standard InChI is InChI=1S/C17H19BrFNO/c1-3-16(12-4-6-13(18)7-5-12)20-11(2)15-10-14(19)8-9-17(15)21/h4-11,16,20-21H,3H2,1-2H3. The molecule has 0 radical (unpaired) electrons. The first-order chi connectivity index (χ1) is 10.0. The lowest BCUT2D eigenvalue weighted by Gasteiger charge is -2.23. The number of halogens is 2. The molecule has 0 fully saturated rings. The predicted octanol–water partition coefficient (Wildman–Crippen LogP) is 5.10. The molecule has 112 valence electrons. The zero-order valence-corrected chi connectivity index (χ0v) is 13.7. The normalized spacial score (nSPS) is 13.9. The fraction of sp³-hybridized carbons (Fsp3) is 0.294. The van der Waals surface area contributed by atoms with Crippen LogP contribution in [0.5, 0.6) is 5.75 Å². The van der Waals surface area contributed by atoms with Crippen LogP contribution in [-0.2, 0) is 0 Å². The molecule has 2 unspecified atom stereocenters. The zero-order chi connectivity index (χ0) is 15.4. The van der Waals surface area contributed by atoms with Gasteiger partial charge in [0.05, 0.1) is 0 Å². The van der Waals surface area contributed by atoms with E-state index in [0.717, 1.165) is 10.9 Å². The number of nitrogens with one attached hydrogen (secondary N) is 1. The summed E-state index contributed by atoms with van der Waals surface area (Å²) in [5.41, 5.74) is 1.74. The molecule has 2 rings (SSSR count). The third kappa shape index (κ3) is 4.05. The first-order valence-corrected chi connectivity index (χ1v) is 7.80. The van der Waals surface area contributed by atoms with Crippen LogP contribution in [0.3, 0.4) is 0 Å². The largest absolute Gasteiger partial charge is 0.508 e. The van der Waals surface area contributed by atoms with Crippen molar-refractivity contribution in [3.63, 3.8) is 0 Å². The SMILES string of the molecule is CCC(NC(C)c1cc(F)ccc1O)c1ccc(Br)cc1. The fourth-order valence-electron chi connectivity index (χ4n) is 2.41. The number of rotatable bonds is 5. The Hall–Kier alpha value is -1.39. The van der Waals surface area contributed by atoms with Gasteiger partial charge in [0, 0.05) is 22.1 Å². The third-order valence-electron chi connectivity index (χ3n) is 3.59. The summed E-state index contributed by atoms with van der Waals surface area (Å²) in [4.78, 5) is 0. The molecule has 0 aliphatic carbocycles. The van der Waals surface area contributed by atoms with Gasteiger partial charge in [-0.15, -0.1) is 0 Å². The molecule has 2 aromatic rings. The van der Waals surface area contributed by atoms with Gasteiger partial charge in [0.2, 0.25) is 0 Å². The van der Waals surface area contributed by atoms with Gasteiger partial charge in [0.25, 0.3) is 0 Å². The van der Waals surface area contributed by atoms with Crippen LogP contribution < -0.4 is 5.32 Å². The van der Waals surface area contributed by atoms with E-state index in [-0.39, 0.29) is 23.7 Å². The molecule has 2 atom stereocenters. The van der Waals surface area contributed by atoms with Gasteiger partial charge < -0.3 is 10.4 Å². The van der Waals surface area contributed by atoms with Crippen LogP contribution in [0.4, 0.5) is 4.39 Å². The van der Waals surface area contributed by atoms with Crippen LogP contribution >= 0.6 is 15.9 Å². The smallest absolute Gasteiger partial charge is 0.123 e. The van der Waals surface area contributed by atoms with E-state index in [2.05, 4.69) is 40.3 Å². The summed E-state index contributed by atoms with van der Waals surface area (Å²) in [5, 5.41) is 13.3. The lowest BCUT2D eigenvalue weighted by molar-refractivity contribution is 0.421. The minimum absolute atomic E-state index is 0.113. The van der Waals surface area contributed by atoms with Crippen LogP contribution in [-0.4, -0.2) is 5.11 Å². The second-order valence-corrected chi connectivity index (χ2v) is 6.02. The van der Waals surface area contributed by atoms with Crippen molar-refractivity contribution in [3.8, 4) is 5.75 Å². The molecule has 0 amide bonds. The highest BCUT2D eigenvalue weighted by Crippen LogP contribution is 2.28. The molecule has 0 saturated heterocycles. The van der Waals surface area contributed by atoms with Crippen LogP contribution in [0.25, 0.3) is 0 Å². The summed E-state index contributed by atoms with van der Waals surface area (Å²) in [7, 11) is 0. The van der Waals surface area contributed by atoms with E-state index in [1.165, 1.54) is 23.8 Å². The molecule has 0 aliphatic rings. The molecule has 2 nitrogen and oxygen atoms in total. The van der Waals surface area contributed by atoms with E-state index in [9.17, 15) is 9.50 Å². The van der Waals surface area contributed by atoms with Crippen molar-refractivity contribution in [2.75, 3.05) is 0 Å². The molecule has 0 bridgehead atoms. The highest BCUT2D eigenvalue weighted by Gasteiger charge is 2.16. The summed E-state index contributed by atoms with van der Waals surface area (Å²) < 4.78 is 14.4.